The standard InChI is InChI=1S/C12H19NO4/c1-8-4-5-9(17-8)10(14)13-12(11(15)16)6-2-3-7-12/h8-9H,2-7H2,1H3,(H,13,14)(H,15,16). The van der Waals surface area contributed by atoms with Crippen molar-refractivity contribution in [3.63, 3.8) is 0 Å². The van der Waals surface area contributed by atoms with Crippen molar-refractivity contribution in [2.24, 2.45) is 0 Å². The first-order valence-electron chi connectivity index (χ1n) is 6.24. The van der Waals surface area contributed by atoms with Crippen molar-refractivity contribution >= 4 is 11.9 Å². The molecule has 0 radical (unpaired) electrons. The summed E-state index contributed by atoms with van der Waals surface area (Å²) in [5.74, 6) is -1.19. The molecule has 5 heteroatoms. The maximum absolute atomic E-state index is 12.0. The van der Waals surface area contributed by atoms with Gasteiger partial charge in [-0.05, 0) is 32.6 Å². The smallest absolute Gasteiger partial charge is 0.329 e. The molecule has 0 bridgehead atoms. The molecule has 1 amide bonds. The number of carboxylic acids is 1. The van der Waals surface area contributed by atoms with Crippen molar-refractivity contribution in [2.75, 3.05) is 0 Å². The van der Waals surface area contributed by atoms with Gasteiger partial charge < -0.3 is 15.2 Å². The maximum Gasteiger partial charge on any atom is 0.329 e. The average molecular weight is 241 g/mol. The quantitative estimate of drug-likeness (QED) is 0.775. The minimum Gasteiger partial charge on any atom is -0.480 e. The number of hydrogen-bond donors (Lipinski definition) is 2. The number of nitrogens with one attached hydrogen (secondary N) is 1. The van der Waals surface area contributed by atoms with Crippen LogP contribution in [0, 0.1) is 0 Å². The molecule has 0 spiro atoms. The van der Waals surface area contributed by atoms with Crippen molar-refractivity contribution in [3.05, 3.63) is 0 Å². The van der Waals surface area contributed by atoms with E-state index >= 15 is 0 Å². The van der Waals surface area contributed by atoms with Gasteiger partial charge in [-0.1, -0.05) is 12.8 Å². The summed E-state index contributed by atoms with van der Waals surface area (Å²) in [5.41, 5.74) is -1.05. The highest BCUT2D eigenvalue weighted by Gasteiger charge is 2.44. The zero-order valence-corrected chi connectivity index (χ0v) is 10.1. The molecular formula is C12H19NO4. The predicted molar refractivity (Wildman–Crippen MR) is 60.5 cm³/mol. The Balaban J connectivity index is 1.99. The molecule has 96 valence electrons. The van der Waals surface area contributed by atoms with Crippen molar-refractivity contribution in [3.8, 4) is 0 Å². The first-order chi connectivity index (χ1) is 8.03. The number of carbonyl (C=O) groups is 2. The van der Waals surface area contributed by atoms with Gasteiger partial charge in [0.2, 0.25) is 5.91 Å². The molecule has 2 atom stereocenters. The summed E-state index contributed by atoms with van der Waals surface area (Å²) in [6, 6.07) is 0. The van der Waals surface area contributed by atoms with Gasteiger partial charge in [0.15, 0.2) is 0 Å². The van der Waals surface area contributed by atoms with Gasteiger partial charge in [-0.2, -0.15) is 0 Å². The fourth-order valence-corrected chi connectivity index (χ4v) is 2.68. The van der Waals surface area contributed by atoms with Crippen LogP contribution < -0.4 is 5.32 Å². The molecule has 1 saturated carbocycles. The third kappa shape index (κ3) is 2.44. The molecule has 5 nitrogen and oxygen atoms in total. The summed E-state index contributed by atoms with van der Waals surface area (Å²) in [5, 5.41) is 11.9. The number of rotatable bonds is 3. The molecule has 1 saturated heterocycles. The second kappa shape index (κ2) is 4.64. The fraction of sp³-hybridized carbons (Fsp3) is 0.833. The van der Waals surface area contributed by atoms with E-state index in [4.69, 9.17) is 4.74 Å². The van der Waals surface area contributed by atoms with Gasteiger partial charge in [0.25, 0.3) is 0 Å². The molecule has 1 heterocycles. The maximum atomic E-state index is 12.0. The summed E-state index contributed by atoms with van der Waals surface area (Å²) >= 11 is 0. The van der Waals surface area contributed by atoms with E-state index in [0.29, 0.717) is 19.3 Å². The fourth-order valence-electron chi connectivity index (χ4n) is 2.68. The minimum atomic E-state index is -1.05. The molecule has 2 N–H and O–H groups in total. The van der Waals surface area contributed by atoms with E-state index < -0.39 is 17.6 Å². The average Bonchev–Trinajstić information content (AvgIpc) is 2.87. The molecule has 2 fully saturated rings. The SMILES string of the molecule is CC1CCC(C(=O)NC2(C(=O)O)CCCC2)O1. The molecule has 1 aliphatic carbocycles. The number of ether oxygens (including phenoxy) is 1. The van der Waals surface area contributed by atoms with Crippen LogP contribution in [0.4, 0.5) is 0 Å². The number of aliphatic carboxylic acids is 1. The Morgan fingerprint density at radius 2 is 1.94 bits per heavy atom. The lowest BCUT2D eigenvalue weighted by molar-refractivity contribution is -0.149. The Morgan fingerprint density at radius 1 is 1.29 bits per heavy atom. The predicted octanol–water partition coefficient (Wildman–Crippen LogP) is 1.07. The van der Waals surface area contributed by atoms with Crippen LogP contribution in [0.5, 0.6) is 0 Å². The number of amides is 1. The van der Waals surface area contributed by atoms with Crippen molar-refractivity contribution in [2.45, 2.75) is 63.2 Å². The second-order valence-corrected chi connectivity index (χ2v) is 5.10. The molecule has 17 heavy (non-hydrogen) atoms. The monoisotopic (exact) mass is 241 g/mol. The van der Waals surface area contributed by atoms with E-state index in [1.54, 1.807) is 0 Å². The highest BCUT2D eigenvalue weighted by Crippen LogP contribution is 2.30. The van der Waals surface area contributed by atoms with Gasteiger partial charge in [0.05, 0.1) is 6.10 Å². The van der Waals surface area contributed by atoms with Crippen LogP contribution >= 0.6 is 0 Å². The zero-order chi connectivity index (χ0) is 12.5. The Morgan fingerprint density at radius 3 is 2.41 bits per heavy atom. The van der Waals surface area contributed by atoms with E-state index in [1.165, 1.54) is 0 Å². The van der Waals surface area contributed by atoms with Crippen molar-refractivity contribution < 1.29 is 19.4 Å². The Kier molecular flexibility index (Phi) is 3.38. The van der Waals surface area contributed by atoms with Gasteiger partial charge in [0.1, 0.15) is 11.6 Å². The Labute approximate surface area is 101 Å². The highest BCUT2D eigenvalue weighted by molar-refractivity contribution is 5.89. The molecule has 0 aromatic rings. The van der Waals surface area contributed by atoms with Gasteiger partial charge in [-0.3, -0.25) is 4.79 Å². The summed E-state index contributed by atoms with van der Waals surface area (Å²) in [6.45, 7) is 1.93. The van der Waals surface area contributed by atoms with Crippen molar-refractivity contribution in [1.82, 2.24) is 5.32 Å². The van der Waals surface area contributed by atoms with Gasteiger partial charge >= 0.3 is 5.97 Å². The zero-order valence-electron chi connectivity index (χ0n) is 10.1. The van der Waals surface area contributed by atoms with Crippen LogP contribution in [0.15, 0.2) is 0 Å². The third-order valence-electron chi connectivity index (χ3n) is 3.75. The van der Waals surface area contributed by atoms with Crippen LogP contribution in [0.1, 0.15) is 45.4 Å². The molecule has 0 aromatic carbocycles. The van der Waals surface area contributed by atoms with E-state index in [1.807, 2.05) is 6.92 Å². The van der Waals surface area contributed by atoms with Gasteiger partial charge in [-0.15, -0.1) is 0 Å². The van der Waals surface area contributed by atoms with E-state index in [2.05, 4.69) is 5.32 Å². The van der Waals surface area contributed by atoms with Crippen LogP contribution in [0.25, 0.3) is 0 Å². The van der Waals surface area contributed by atoms with Gasteiger partial charge in [-0.25, -0.2) is 4.79 Å². The largest absolute Gasteiger partial charge is 0.480 e. The molecule has 1 aliphatic heterocycles. The molecular weight excluding hydrogens is 222 g/mol. The molecule has 2 rings (SSSR count). The van der Waals surface area contributed by atoms with Crippen LogP contribution in [-0.4, -0.2) is 34.7 Å². The summed E-state index contributed by atoms with van der Waals surface area (Å²) in [4.78, 5) is 23.2. The molecule has 2 aliphatic rings. The summed E-state index contributed by atoms with van der Waals surface area (Å²) in [7, 11) is 0. The Hall–Kier alpha value is -1.10. The van der Waals surface area contributed by atoms with Crippen LogP contribution in [-0.2, 0) is 14.3 Å². The second-order valence-electron chi connectivity index (χ2n) is 5.10. The molecule has 2 unspecified atom stereocenters. The lowest BCUT2D eigenvalue weighted by Gasteiger charge is -2.26. The van der Waals surface area contributed by atoms with Gasteiger partial charge in [0, 0.05) is 0 Å². The number of carboxylic acid groups (broad SMARTS) is 1. The van der Waals surface area contributed by atoms with E-state index in [0.717, 1.165) is 19.3 Å². The molecule has 0 aromatic heterocycles. The first kappa shape index (κ1) is 12.4. The number of carbonyl (C=O) groups excluding carboxylic acids is 1. The van der Waals surface area contributed by atoms with Crippen LogP contribution in [0.2, 0.25) is 0 Å². The summed E-state index contributed by atoms with van der Waals surface area (Å²) in [6.07, 6.45) is 3.92. The van der Waals surface area contributed by atoms with E-state index in [9.17, 15) is 14.7 Å². The normalized spacial score (nSPS) is 31.4. The first-order valence-corrected chi connectivity index (χ1v) is 6.24. The third-order valence-corrected chi connectivity index (χ3v) is 3.75. The number of hydrogen-bond acceptors (Lipinski definition) is 3. The van der Waals surface area contributed by atoms with Crippen molar-refractivity contribution in [1.29, 1.82) is 0 Å². The minimum absolute atomic E-state index is 0.0927. The Bertz CT molecular complexity index is 322. The topological polar surface area (TPSA) is 75.6 Å². The van der Waals surface area contributed by atoms with Crippen LogP contribution in [0.3, 0.4) is 0 Å². The summed E-state index contributed by atoms with van der Waals surface area (Å²) < 4.78 is 5.45. The lowest BCUT2D eigenvalue weighted by Crippen LogP contribution is -2.55. The highest BCUT2D eigenvalue weighted by atomic mass is 16.5. The van der Waals surface area contributed by atoms with E-state index in [-0.39, 0.29) is 12.0 Å². The lowest BCUT2D eigenvalue weighted by atomic mass is 9.97.